The van der Waals surface area contributed by atoms with Crippen LogP contribution in [0.2, 0.25) is 0 Å². The number of carbonyl (C=O) groups excluding carboxylic acids is 1. The van der Waals surface area contributed by atoms with Gasteiger partial charge in [-0.05, 0) is 46.0 Å². The normalized spacial score (nSPS) is 11.6. The van der Waals surface area contributed by atoms with Gasteiger partial charge in [0.2, 0.25) is 0 Å². The van der Waals surface area contributed by atoms with Crippen LogP contribution in [0.1, 0.15) is 5.56 Å². The number of hydrogen-bond acceptors (Lipinski definition) is 2. The van der Waals surface area contributed by atoms with Crippen LogP contribution in [0.4, 0.5) is 13.2 Å². The van der Waals surface area contributed by atoms with Crippen molar-refractivity contribution < 1.29 is 18.0 Å². The Bertz CT molecular complexity index is 423. The Morgan fingerprint density at radius 2 is 2.06 bits per heavy atom. The molecule has 0 saturated heterocycles. The van der Waals surface area contributed by atoms with Crippen LogP contribution in [0.15, 0.2) is 23.1 Å². The van der Waals surface area contributed by atoms with Crippen LogP contribution in [-0.4, -0.2) is 16.6 Å². The standard InChI is InChI=1S/C10H7BrF3IOS/c11-5-7(16)4-6-2-1-3-8(9(6)15)17-10(12,13)14/h1-3H,4-5H2. The number of carbonyl (C=O) groups is 1. The van der Waals surface area contributed by atoms with E-state index < -0.39 is 5.51 Å². The molecule has 0 fully saturated rings. The van der Waals surface area contributed by atoms with E-state index >= 15 is 0 Å². The van der Waals surface area contributed by atoms with Crippen LogP contribution in [0.3, 0.4) is 0 Å². The smallest absolute Gasteiger partial charge is 0.298 e. The van der Waals surface area contributed by atoms with Gasteiger partial charge in [0.15, 0.2) is 0 Å². The third-order valence-corrected chi connectivity index (χ3v) is 4.86. The molecule has 17 heavy (non-hydrogen) atoms. The summed E-state index contributed by atoms with van der Waals surface area (Å²) >= 11 is 4.71. The van der Waals surface area contributed by atoms with E-state index in [0.717, 1.165) is 0 Å². The fourth-order valence-electron chi connectivity index (χ4n) is 1.16. The van der Waals surface area contributed by atoms with Crippen LogP contribution in [0.5, 0.6) is 0 Å². The van der Waals surface area contributed by atoms with E-state index in [9.17, 15) is 18.0 Å². The summed E-state index contributed by atoms with van der Waals surface area (Å²) in [5.74, 6) is -0.0583. The minimum Gasteiger partial charge on any atom is -0.298 e. The Labute approximate surface area is 123 Å². The number of alkyl halides is 4. The van der Waals surface area contributed by atoms with Crippen LogP contribution in [-0.2, 0) is 11.2 Å². The molecule has 0 unspecified atom stereocenters. The van der Waals surface area contributed by atoms with Crippen LogP contribution in [0.25, 0.3) is 0 Å². The first-order valence-corrected chi connectivity index (χ1v) is 7.46. The van der Waals surface area contributed by atoms with Gasteiger partial charge in [-0.15, -0.1) is 0 Å². The number of hydrogen-bond donors (Lipinski definition) is 0. The van der Waals surface area contributed by atoms with Crippen molar-refractivity contribution in [3.8, 4) is 0 Å². The van der Waals surface area contributed by atoms with E-state index in [0.29, 0.717) is 9.13 Å². The quantitative estimate of drug-likeness (QED) is 0.393. The molecule has 0 aliphatic heterocycles. The zero-order valence-corrected chi connectivity index (χ0v) is 12.9. The van der Waals surface area contributed by atoms with E-state index in [1.165, 1.54) is 12.1 Å². The van der Waals surface area contributed by atoms with Gasteiger partial charge in [-0.25, -0.2) is 0 Å². The topological polar surface area (TPSA) is 17.1 Å². The molecule has 94 valence electrons. The van der Waals surface area contributed by atoms with Crippen molar-refractivity contribution in [2.45, 2.75) is 16.8 Å². The third kappa shape index (κ3) is 5.17. The predicted octanol–water partition coefficient (Wildman–Crippen LogP) is 4.41. The Balaban J connectivity index is 2.95. The van der Waals surface area contributed by atoms with E-state index in [1.54, 1.807) is 6.07 Å². The fourth-order valence-corrected chi connectivity index (χ4v) is 2.85. The van der Waals surface area contributed by atoms with Crippen molar-refractivity contribution >= 4 is 56.1 Å². The molecular weight excluding hydrogens is 432 g/mol. The number of halogens is 5. The molecule has 1 rings (SSSR count). The van der Waals surface area contributed by atoms with Crippen molar-refractivity contribution in [3.05, 3.63) is 27.3 Å². The molecule has 0 bridgehead atoms. The molecule has 0 radical (unpaired) electrons. The summed E-state index contributed by atoms with van der Waals surface area (Å²) in [7, 11) is 0. The molecule has 1 nitrogen and oxygen atoms in total. The minimum atomic E-state index is -4.31. The second-order valence-electron chi connectivity index (χ2n) is 3.13. The molecule has 0 spiro atoms. The molecule has 0 amide bonds. The highest BCUT2D eigenvalue weighted by atomic mass is 127. The average Bonchev–Trinajstić information content (AvgIpc) is 2.22. The molecule has 0 heterocycles. The number of thioether (sulfide) groups is 1. The Morgan fingerprint density at radius 1 is 1.41 bits per heavy atom. The second-order valence-corrected chi connectivity index (χ2v) is 5.87. The van der Waals surface area contributed by atoms with E-state index in [2.05, 4.69) is 15.9 Å². The lowest BCUT2D eigenvalue weighted by Crippen LogP contribution is -2.06. The van der Waals surface area contributed by atoms with Crippen molar-refractivity contribution in [2.75, 3.05) is 5.33 Å². The first-order chi connectivity index (χ1) is 7.83. The molecule has 1 aromatic rings. The lowest BCUT2D eigenvalue weighted by molar-refractivity contribution is -0.115. The maximum Gasteiger partial charge on any atom is 0.446 e. The molecule has 0 N–H and O–H groups in total. The molecule has 0 aromatic heterocycles. The van der Waals surface area contributed by atoms with Crippen LogP contribution >= 0.6 is 50.3 Å². The predicted molar refractivity (Wildman–Crippen MR) is 73.6 cm³/mol. The van der Waals surface area contributed by atoms with Gasteiger partial charge in [-0.2, -0.15) is 13.2 Å². The van der Waals surface area contributed by atoms with Gasteiger partial charge >= 0.3 is 5.51 Å². The van der Waals surface area contributed by atoms with Gasteiger partial charge in [0.05, 0.1) is 5.33 Å². The van der Waals surface area contributed by atoms with Crippen molar-refractivity contribution in [3.63, 3.8) is 0 Å². The van der Waals surface area contributed by atoms with E-state index in [4.69, 9.17) is 0 Å². The highest BCUT2D eigenvalue weighted by Crippen LogP contribution is 2.39. The molecule has 0 saturated carbocycles. The zero-order chi connectivity index (χ0) is 13.1. The summed E-state index contributed by atoms with van der Waals surface area (Å²) in [4.78, 5) is 11.4. The molecule has 7 heteroatoms. The van der Waals surface area contributed by atoms with Gasteiger partial charge in [0.1, 0.15) is 5.78 Å². The molecule has 0 atom stereocenters. The highest BCUT2D eigenvalue weighted by molar-refractivity contribution is 14.1. The van der Waals surface area contributed by atoms with Crippen molar-refractivity contribution in [1.29, 1.82) is 0 Å². The lowest BCUT2D eigenvalue weighted by atomic mass is 10.1. The summed E-state index contributed by atoms with van der Waals surface area (Å²) < 4.78 is 37.3. The van der Waals surface area contributed by atoms with E-state index in [1.807, 2.05) is 22.6 Å². The van der Waals surface area contributed by atoms with Crippen molar-refractivity contribution in [1.82, 2.24) is 0 Å². The summed E-state index contributed by atoms with van der Waals surface area (Å²) in [5.41, 5.74) is -3.68. The van der Waals surface area contributed by atoms with Gasteiger partial charge in [-0.1, -0.05) is 28.1 Å². The van der Waals surface area contributed by atoms with Crippen LogP contribution < -0.4 is 0 Å². The van der Waals surface area contributed by atoms with Gasteiger partial charge < -0.3 is 0 Å². The number of Topliss-reactive ketones (excluding diaryl/α,β-unsaturated/α-hetero) is 1. The summed E-state index contributed by atoms with van der Waals surface area (Å²) in [6.45, 7) is 0. The Kier molecular flexibility index (Phi) is 5.78. The first kappa shape index (κ1) is 15.3. The van der Waals surface area contributed by atoms with Gasteiger partial charge in [0, 0.05) is 14.9 Å². The lowest BCUT2D eigenvalue weighted by Gasteiger charge is -2.10. The highest BCUT2D eigenvalue weighted by Gasteiger charge is 2.30. The summed E-state index contributed by atoms with van der Waals surface area (Å²) in [5, 5.41) is 0.208. The largest absolute Gasteiger partial charge is 0.446 e. The molecule has 1 aromatic carbocycles. The molecule has 0 aliphatic rings. The Morgan fingerprint density at radius 3 is 2.59 bits per heavy atom. The fraction of sp³-hybridized carbons (Fsp3) is 0.300. The first-order valence-electron chi connectivity index (χ1n) is 4.44. The average molecular weight is 439 g/mol. The van der Waals surface area contributed by atoms with E-state index in [-0.39, 0.29) is 34.2 Å². The minimum absolute atomic E-state index is 0.0583. The number of rotatable bonds is 4. The maximum atomic E-state index is 12.3. The van der Waals surface area contributed by atoms with Crippen molar-refractivity contribution in [2.24, 2.45) is 0 Å². The Hall–Kier alpha value is 0.240. The summed E-state index contributed by atoms with van der Waals surface area (Å²) in [6, 6.07) is 4.61. The summed E-state index contributed by atoms with van der Waals surface area (Å²) in [6.07, 6.45) is 0.149. The molecule has 0 aliphatic carbocycles. The maximum absolute atomic E-state index is 12.3. The second kappa shape index (κ2) is 6.42. The SMILES string of the molecule is O=C(CBr)Cc1cccc(SC(F)(F)F)c1I. The van der Waals surface area contributed by atoms with Gasteiger partial charge in [0.25, 0.3) is 0 Å². The van der Waals surface area contributed by atoms with Crippen LogP contribution in [0, 0.1) is 3.57 Å². The molecular formula is C10H7BrF3IOS. The van der Waals surface area contributed by atoms with Gasteiger partial charge in [-0.3, -0.25) is 4.79 Å². The third-order valence-electron chi connectivity index (χ3n) is 1.81. The number of benzene rings is 1. The zero-order valence-electron chi connectivity index (χ0n) is 8.35. The number of ketones is 1. The monoisotopic (exact) mass is 438 g/mol.